The number of fused-ring (bicyclic) bond motifs is 1. The van der Waals surface area contributed by atoms with Crippen LogP contribution < -0.4 is 0 Å². The highest BCUT2D eigenvalue weighted by Crippen LogP contribution is 2.18. The fourth-order valence-electron chi connectivity index (χ4n) is 1.04. The quantitative estimate of drug-likeness (QED) is 0.548. The van der Waals surface area contributed by atoms with Gasteiger partial charge < -0.3 is 0 Å². The minimum atomic E-state index is 0.899. The highest BCUT2D eigenvalue weighted by Gasteiger charge is 1.97. The molecule has 2 heteroatoms. The lowest BCUT2D eigenvalue weighted by Crippen LogP contribution is -1.77. The minimum Gasteiger partial charge on any atom is -0.259 e. The van der Waals surface area contributed by atoms with Crippen molar-refractivity contribution in [3.8, 4) is 0 Å². The number of hydrogen-bond donors (Lipinski definition) is 0. The molecule has 1 aromatic heterocycles. The van der Waals surface area contributed by atoms with Gasteiger partial charge in [-0.1, -0.05) is 6.08 Å². The third kappa shape index (κ3) is 1.19. The Balaban J connectivity index is 2.58. The lowest BCUT2D eigenvalue weighted by Gasteiger charge is -1.94. The molecule has 2 heterocycles. The molecule has 0 unspecified atom stereocenters. The van der Waals surface area contributed by atoms with Gasteiger partial charge in [0, 0.05) is 18.8 Å². The van der Waals surface area contributed by atoms with Crippen LogP contribution in [0.3, 0.4) is 0 Å². The van der Waals surface area contributed by atoms with Gasteiger partial charge in [0.25, 0.3) is 0 Å². The first-order valence-electron chi connectivity index (χ1n) is 3.61. The van der Waals surface area contributed by atoms with Gasteiger partial charge in [0.05, 0.1) is 11.4 Å². The molecule has 0 amide bonds. The molecule has 0 atom stereocenters. The van der Waals surface area contributed by atoms with Crippen LogP contribution in [0.25, 0.3) is 6.08 Å². The Morgan fingerprint density at radius 1 is 1.36 bits per heavy atom. The maximum atomic E-state index is 4.24. The van der Waals surface area contributed by atoms with E-state index >= 15 is 0 Å². The summed E-state index contributed by atoms with van der Waals surface area (Å²) in [4.78, 5) is 8.42. The molecule has 1 aromatic rings. The molecule has 54 valence electrons. The summed E-state index contributed by atoms with van der Waals surface area (Å²) in [7, 11) is 0. The molecule has 2 nitrogen and oxygen atoms in total. The molecule has 0 N–H and O–H groups in total. The standard InChI is InChI=1S/C9H8N2/c1-2-6-10-9-5-3-7-11-8(9)4-1/h1,3-7H,2H2. The van der Waals surface area contributed by atoms with Gasteiger partial charge in [0.2, 0.25) is 0 Å². The smallest absolute Gasteiger partial charge is 0.0882 e. The van der Waals surface area contributed by atoms with Gasteiger partial charge in [0.15, 0.2) is 0 Å². The van der Waals surface area contributed by atoms with Crippen LogP contribution in [-0.4, -0.2) is 11.2 Å². The summed E-state index contributed by atoms with van der Waals surface area (Å²) in [6.07, 6.45) is 8.63. The molecule has 0 saturated carbocycles. The normalized spacial score (nSPS) is 14.2. The van der Waals surface area contributed by atoms with Crippen molar-refractivity contribution in [3.63, 3.8) is 0 Å². The monoisotopic (exact) mass is 144 g/mol. The van der Waals surface area contributed by atoms with Crippen molar-refractivity contribution in [2.24, 2.45) is 4.99 Å². The van der Waals surface area contributed by atoms with E-state index < -0.39 is 0 Å². The Kier molecular flexibility index (Phi) is 1.52. The van der Waals surface area contributed by atoms with E-state index in [2.05, 4.69) is 16.1 Å². The average Bonchev–Trinajstić information content (AvgIpc) is 2.28. The maximum absolute atomic E-state index is 4.24. The molecule has 0 saturated heterocycles. The highest BCUT2D eigenvalue weighted by atomic mass is 14.8. The number of nitrogens with zero attached hydrogens (tertiary/aromatic N) is 2. The summed E-state index contributed by atoms with van der Waals surface area (Å²) in [5, 5.41) is 0. The van der Waals surface area contributed by atoms with Crippen molar-refractivity contribution >= 4 is 18.0 Å². The summed E-state index contributed by atoms with van der Waals surface area (Å²) in [6.45, 7) is 0. The predicted octanol–water partition coefficient (Wildman–Crippen LogP) is 2.20. The molecule has 0 radical (unpaired) electrons. The van der Waals surface area contributed by atoms with E-state index in [0.29, 0.717) is 0 Å². The van der Waals surface area contributed by atoms with Crippen molar-refractivity contribution in [2.75, 3.05) is 0 Å². The topological polar surface area (TPSA) is 25.2 Å². The number of aromatic nitrogens is 1. The van der Waals surface area contributed by atoms with Crippen LogP contribution in [-0.2, 0) is 0 Å². The van der Waals surface area contributed by atoms with Crippen LogP contribution in [0.5, 0.6) is 0 Å². The first kappa shape index (κ1) is 6.28. The van der Waals surface area contributed by atoms with Gasteiger partial charge in [-0.15, -0.1) is 0 Å². The third-order valence-corrected chi connectivity index (χ3v) is 1.56. The zero-order valence-electron chi connectivity index (χ0n) is 6.07. The second-order valence-corrected chi connectivity index (χ2v) is 2.36. The van der Waals surface area contributed by atoms with Crippen LogP contribution >= 0.6 is 0 Å². The van der Waals surface area contributed by atoms with E-state index in [0.717, 1.165) is 17.8 Å². The molecule has 2 rings (SSSR count). The van der Waals surface area contributed by atoms with Crippen LogP contribution in [0.15, 0.2) is 29.4 Å². The van der Waals surface area contributed by atoms with Gasteiger partial charge >= 0.3 is 0 Å². The molecule has 0 aliphatic carbocycles. The van der Waals surface area contributed by atoms with Gasteiger partial charge in [-0.05, 0) is 18.2 Å². The largest absolute Gasteiger partial charge is 0.259 e. The molecule has 0 bridgehead atoms. The molecule has 0 fully saturated rings. The molecular formula is C9H8N2. The Morgan fingerprint density at radius 3 is 3.36 bits per heavy atom. The summed E-state index contributed by atoms with van der Waals surface area (Å²) < 4.78 is 0. The number of aliphatic imine (C=N–C) groups is 1. The summed E-state index contributed by atoms with van der Waals surface area (Å²) in [5.74, 6) is 0. The Morgan fingerprint density at radius 2 is 2.36 bits per heavy atom. The lowest BCUT2D eigenvalue weighted by atomic mass is 10.3. The highest BCUT2D eigenvalue weighted by molar-refractivity contribution is 5.73. The summed E-state index contributed by atoms with van der Waals surface area (Å²) in [6, 6.07) is 3.86. The van der Waals surface area contributed by atoms with Gasteiger partial charge in [0.1, 0.15) is 0 Å². The van der Waals surface area contributed by atoms with Crippen LogP contribution in [0.2, 0.25) is 0 Å². The van der Waals surface area contributed by atoms with E-state index in [9.17, 15) is 0 Å². The number of allylic oxidation sites excluding steroid dienone is 1. The summed E-state index contributed by atoms with van der Waals surface area (Å²) in [5.41, 5.74) is 1.92. The maximum Gasteiger partial charge on any atom is 0.0882 e. The van der Waals surface area contributed by atoms with Crippen molar-refractivity contribution in [3.05, 3.63) is 30.1 Å². The first-order valence-corrected chi connectivity index (χ1v) is 3.61. The first-order chi connectivity index (χ1) is 5.47. The van der Waals surface area contributed by atoms with E-state index in [1.54, 1.807) is 6.20 Å². The third-order valence-electron chi connectivity index (χ3n) is 1.56. The fraction of sp³-hybridized carbons (Fsp3) is 0.111. The molecule has 1 aliphatic heterocycles. The second-order valence-electron chi connectivity index (χ2n) is 2.36. The molecule has 11 heavy (non-hydrogen) atoms. The zero-order valence-corrected chi connectivity index (χ0v) is 6.07. The average molecular weight is 144 g/mol. The summed E-state index contributed by atoms with van der Waals surface area (Å²) >= 11 is 0. The molecule has 1 aliphatic rings. The van der Waals surface area contributed by atoms with Crippen molar-refractivity contribution in [1.29, 1.82) is 0 Å². The van der Waals surface area contributed by atoms with E-state index in [1.807, 2.05) is 24.4 Å². The number of pyridine rings is 1. The fourth-order valence-corrected chi connectivity index (χ4v) is 1.04. The number of rotatable bonds is 0. The van der Waals surface area contributed by atoms with Crippen molar-refractivity contribution in [1.82, 2.24) is 4.98 Å². The minimum absolute atomic E-state index is 0.899. The van der Waals surface area contributed by atoms with Gasteiger partial charge in [-0.3, -0.25) is 9.98 Å². The zero-order chi connectivity index (χ0) is 7.52. The van der Waals surface area contributed by atoms with Crippen LogP contribution in [0.4, 0.5) is 5.69 Å². The van der Waals surface area contributed by atoms with Gasteiger partial charge in [-0.25, -0.2) is 0 Å². The van der Waals surface area contributed by atoms with Crippen molar-refractivity contribution < 1.29 is 0 Å². The number of hydrogen-bond acceptors (Lipinski definition) is 2. The lowest BCUT2D eigenvalue weighted by molar-refractivity contribution is 1.28. The molecule has 0 aromatic carbocycles. The Labute approximate surface area is 65.3 Å². The Bertz CT molecular complexity index is 282. The predicted molar refractivity (Wildman–Crippen MR) is 46.0 cm³/mol. The molecular weight excluding hydrogens is 136 g/mol. The van der Waals surface area contributed by atoms with Crippen LogP contribution in [0.1, 0.15) is 12.1 Å². The molecule has 0 spiro atoms. The van der Waals surface area contributed by atoms with E-state index in [-0.39, 0.29) is 0 Å². The second kappa shape index (κ2) is 2.66. The SMILES string of the molecule is C1=Cc2ncccc2N=CC1. The van der Waals surface area contributed by atoms with Gasteiger partial charge in [-0.2, -0.15) is 0 Å². The van der Waals surface area contributed by atoms with E-state index in [1.165, 1.54) is 0 Å². The van der Waals surface area contributed by atoms with E-state index in [4.69, 9.17) is 0 Å². The van der Waals surface area contributed by atoms with Crippen LogP contribution in [0, 0.1) is 0 Å². The Hall–Kier alpha value is -1.44. The van der Waals surface area contributed by atoms with Crippen molar-refractivity contribution in [2.45, 2.75) is 6.42 Å².